The van der Waals surface area contributed by atoms with Crippen molar-refractivity contribution in [3.63, 3.8) is 0 Å². The van der Waals surface area contributed by atoms with Crippen LogP contribution < -0.4 is 4.74 Å². The van der Waals surface area contributed by atoms with Crippen LogP contribution in [0.3, 0.4) is 0 Å². The molecule has 0 bridgehead atoms. The molecule has 1 aromatic carbocycles. The van der Waals surface area contributed by atoms with Crippen LogP contribution in [0.25, 0.3) is 0 Å². The third kappa shape index (κ3) is 4.41. The van der Waals surface area contributed by atoms with Gasteiger partial charge in [0.05, 0.1) is 7.11 Å². The van der Waals surface area contributed by atoms with E-state index in [-0.39, 0.29) is 35.8 Å². The minimum atomic E-state index is -0.561. The van der Waals surface area contributed by atoms with Crippen molar-refractivity contribution in [3.8, 4) is 5.75 Å². The first kappa shape index (κ1) is 18.8. The van der Waals surface area contributed by atoms with Crippen molar-refractivity contribution >= 4 is 11.7 Å². The fourth-order valence-corrected chi connectivity index (χ4v) is 3.95. The van der Waals surface area contributed by atoms with Crippen LogP contribution in [0.4, 0.5) is 4.39 Å². The van der Waals surface area contributed by atoms with Crippen LogP contribution in [-0.4, -0.2) is 60.8 Å². The number of nitrogens with zero attached hydrogens (tertiary/aromatic N) is 2. The number of rotatable bonds is 6. The Morgan fingerprint density at radius 2 is 1.81 bits per heavy atom. The van der Waals surface area contributed by atoms with Gasteiger partial charge in [-0.1, -0.05) is 0 Å². The van der Waals surface area contributed by atoms with E-state index in [0.717, 1.165) is 25.9 Å². The van der Waals surface area contributed by atoms with E-state index < -0.39 is 5.82 Å². The van der Waals surface area contributed by atoms with Gasteiger partial charge in [-0.2, -0.15) is 0 Å². The molecule has 0 unspecified atom stereocenters. The average molecular weight is 362 g/mol. The Balaban J connectivity index is 1.45. The number of ether oxygens (including phenoxy) is 1. The highest BCUT2D eigenvalue weighted by atomic mass is 19.1. The molecule has 2 saturated heterocycles. The molecule has 0 atom stereocenters. The van der Waals surface area contributed by atoms with Gasteiger partial charge >= 0.3 is 0 Å². The van der Waals surface area contributed by atoms with Crippen molar-refractivity contribution in [2.75, 3.05) is 33.3 Å². The van der Waals surface area contributed by atoms with Crippen molar-refractivity contribution < 1.29 is 18.7 Å². The van der Waals surface area contributed by atoms with Crippen LogP contribution >= 0.6 is 0 Å². The molecule has 0 radical (unpaired) electrons. The summed E-state index contributed by atoms with van der Waals surface area (Å²) in [5.74, 6) is -0.647. The number of carbonyl (C=O) groups is 2. The van der Waals surface area contributed by atoms with Gasteiger partial charge in [0.25, 0.3) is 0 Å². The number of hydrogen-bond acceptors (Lipinski definition) is 4. The van der Waals surface area contributed by atoms with Crippen LogP contribution in [0.1, 0.15) is 48.9 Å². The molecule has 6 heteroatoms. The topological polar surface area (TPSA) is 49.9 Å². The maximum atomic E-state index is 13.7. The van der Waals surface area contributed by atoms with Gasteiger partial charge in [-0.15, -0.1) is 0 Å². The Bertz CT molecular complexity index is 650. The van der Waals surface area contributed by atoms with E-state index in [9.17, 15) is 14.0 Å². The maximum Gasteiger partial charge on any atom is 0.223 e. The van der Waals surface area contributed by atoms with E-state index in [1.165, 1.54) is 51.2 Å². The summed E-state index contributed by atoms with van der Waals surface area (Å²) < 4.78 is 18.6. The van der Waals surface area contributed by atoms with Crippen molar-refractivity contribution in [2.45, 2.75) is 44.6 Å². The average Bonchev–Trinajstić information content (AvgIpc) is 3.20. The predicted octanol–water partition coefficient (Wildman–Crippen LogP) is 2.88. The van der Waals surface area contributed by atoms with E-state index in [0.29, 0.717) is 6.04 Å². The molecule has 0 saturated carbocycles. The van der Waals surface area contributed by atoms with Crippen LogP contribution in [0, 0.1) is 5.82 Å². The van der Waals surface area contributed by atoms with Gasteiger partial charge in [0, 0.05) is 37.5 Å². The number of hydrogen-bond donors (Lipinski definition) is 0. The van der Waals surface area contributed by atoms with Crippen molar-refractivity contribution in [2.24, 2.45) is 0 Å². The molecule has 26 heavy (non-hydrogen) atoms. The molecule has 0 aliphatic carbocycles. The molecule has 5 nitrogen and oxygen atoms in total. The Morgan fingerprint density at radius 1 is 1.12 bits per heavy atom. The summed E-state index contributed by atoms with van der Waals surface area (Å²) in [5, 5.41) is 0. The van der Waals surface area contributed by atoms with E-state index in [2.05, 4.69) is 4.90 Å². The van der Waals surface area contributed by atoms with Crippen LogP contribution in [-0.2, 0) is 4.79 Å². The third-order valence-electron chi connectivity index (χ3n) is 5.51. The summed E-state index contributed by atoms with van der Waals surface area (Å²) in [6.45, 7) is 3.91. The summed E-state index contributed by atoms with van der Waals surface area (Å²) in [7, 11) is 1.38. The lowest BCUT2D eigenvalue weighted by Crippen LogP contribution is -2.45. The van der Waals surface area contributed by atoms with Gasteiger partial charge in [-0.3, -0.25) is 9.59 Å². The van der Waals surface area contributed by atoms with Crippen LogP contribution in [0.2, 0.25) is 0 Å². The maximum absolute atomic E-state index is 13.7. The highest BCUT2D eigenvalue weighted by Gasteiger charge is 2.28. The second-order valence-corrected chi connectivity index (χ2v) is 7.13. The summed E-state index contributed by atoms with van der Waals surface area (Å²) in [6.07, 6.45) is 4.89. The standard InChI is InChI=1S/C20H27FN2O3/c1-26-19-6-4-15(14-17(19)21)18(24)5-7-20(25)23-12-8-16(9-13-23)22-10-2-3-11-22/h4,6,14,16H,2-3,5,7-13H2,1H3. The number of ketones is 1. The lowest BCUT2D eigenvalue weighted by atomic mass is 10.0. The molecule has 2 aliphatic rings. The van der Waals surface area contributed by atoms with Crippen LogP contribution in [0.5, 0.6) is 5.75 Å². The number of carbonyl (C=O) groups excluding carboxylic acids is 2. The van der Waals surface area contributed by atoms with E-state index in [1.54, 1.807) is 0 Å². The minimum absolute atomic E-state index is 0.0206. The Kier molecular flexibility index (Phi) is 6.25. The largest absolute Gasteiger partial charge is 0.494 e. The van der Waals surface area contributed by atoms with Gasteiger partial charge in [-0.05, 0) is 57.0 Å². The molecule has 2 fully saturated rings. The van der Waals surface area contributed by atoms with Crippen molar-refractivity contribution in [1.29, 1.82) is 0 Å². The number of halogens is 1. The fraction of sp³-hybridized carbons (Fsp3) is 0.600. The number of likely N-dealkylation sites (tertiary alicyclic amines) is 2. The Morgan fingerprint density at radius 3 is 2.42 bits per heavy atom. The second-order valence-electron chi connectivity index (χ2n) is 7.13. The van der Waals surface area contributed by atoms with E-state index in [1.807, 2.05) is 4.90 Å². The molecule has 1 aromatic rings. The quantitative estimate of drug-likeness (QED) is 0.730. The summed E-state index contributed by atoms with van der Waals surface area (Å²) in [6, 6.07) is 4.75. The lowest BCUT2D eigenvalue weighted by molar-refractivity contribution is -0.132. The monoisotopic (exact) mass is 362 g/mol. The van der Waals surface area contributed by atoms with E-state index in [4.69, 9.17) is 4.74 Å². The molecule has 0 spiro atoms. The molecule has 0 aromatic heterocycles. The van der Waals surface area contributed by atoms with Gasteiger partial charge in [-0.25, -0.2) is 4.39 Å². The minimum Gasteiger partial charge on any atom is -0.494 e. The molecule has 3 rings (SSSR count). The second kappa shape index (κ2) is 8.62. The first-order chi connectivity index (χ1) is 12.6. The first-order valence-electron chi connectivity index (χ1n) is 9.47. The number of Topliss-reactive ketones (excluding diaryl/α,β-unsaturated/α-hetero) is 1. The van der Waals surface area contributed by atoms with Gasteiger partial charge in [0.1, 0.15) is 0 Å². The fourth-order valence-electron chi connectivity index (χ4n) is 3.95. The normalized spacial score (nSPS) is 18.9. The zero-order chi connectivity index (χ0) is 18.5. The lowest BCUT2D eigenvalue weighted by Gasteiger charge is -2.36. The predicted molar refractivity (Wildman–Crippen MR) is 96.9 cm³/mol. The number of piperidine rings is 1. The number of amides is 1. The van der Waals surface area contributed by atoms with Gasteiger partial charge in [0.2, 0.25) is 5.91 Å². The van der Waals surface area contributed by atoms with Crippen LogP contribution in [0.15, 0.2) is 18.2 Å². The Hall–Kier alpha value is -1.95. The zero-order valence-electron chi connectivity index (χ0n) is 15.4. The first-order valence-corrected chi connectivity index (χ1v) is 9.47. The van der Waals surface area contributed by atoms with Crippen molar-refractivity contribution in [3.05, 3.63) is 29.6 Å². The summed E-state index contributed by atoms with van der Waals surface area (Å²) in [5.41, 5.74) is 0.281. The summed E-state index contributed by atoms with van der Waals surface area (Å²) in [4.78, 5) is 29.0. The molecule has 2 heterocycles. The smallest absolute Gasteiger partial charge is 0.223 e. The molecule has 142 valence electrons. The zero-order valence-corrected chi connectivity index (χ0v) is 15.4. The van der Waals surface area contributed by atoms with E-state index >= 15 is 0 Å². The molecule has 1 amide bonds. The molecular formula is C20H27FN2O3. The Labute approximate surface area is 154 Å². The SMILES string of the molecule is COc1ccc(C(=O)CCC(=O)N2CCC(N3CCCC3)CC2)cc1F. The highest BCUT2D eigenvalue weighted by molar-refractivity contribution is 5.98. The molecular weight excluding hydrogens is 335 g/mol. The summed E-state index contributed by atoms with van der Waals surface area (Å²) >= 11 is 0. The highest BCUT2D eigenvalue weighted by Crippen LogP contribution is 2.22. The molecule has 0 N–H and O–H groups in total. The van der Waals surface area contributed by atoms with Gasteiger partial charge in [0.15, 0.2) is 17.3 Å². The third-order valence-corrected chi connectivity index (χ3v) is 5.51. The number of methoxy groups -OCH3 is 1. The van der Waals surface area contributed by atoms with Crippen molar-refractivity contribution in [1.82, 2.24) is 9.80 Å². The number of benzene rings is 1. The van der Waals surface area contributed by atoms with Gasteiger partial charge < -0.3 is 14.5 Å². The molecule has 2 aliphatic heterocycles.